The van der Waals surface area contributed by atoms with Crippen LogP contribution >= 0.6 is 15.9 Å². The van der Waals surface area contributed by atoms with Crippen LogP contribution in [0.4, 0.5) is 0 Å². The second-order valence-corrected chi connectivity index (χ2v) is 4.48. The molecule has 2 N–H and O–H groups in total. The molecule has 1 aliphatic carbocycles. The van der Waals surface area contributed by atoms with Gasteiger partial charge < -0.3 is 10.2 Å². The normalized spacial score (nSPS) is 26.4. The molecule has 1 unspecified atom stereocenters. The van der Waals surface area contributed by atoms with E-state index in [4.69, 9.17) is 10.2 Å². The molecule has 0 aliphatic heterocycles. The summed E-state index contributed by atoms with van der Waals surface area (Å²) in [6.07, 6.45) is 2.90. The number of rotatable bonds is 2. The van der Waals surface area contributed by atoms with Gasteiger partial charge in [-0.25, -0.2) is 4.79 Å². The zero-order valence-corrected chi connectivity index (χ0v) is 9.04. The zero-order chi connectivity index (χ0) is 10.9. The zero-order valence-electron chi connectivity index (χ0n) is 7.45. The fourth-order valence-corrected chi connectivity index (χ4v) is 1.64. The Kier molecular flexibility index (Phi) is 2.80. The molecule has 76 valence electrons. The van der Waals surface area contributed by atoms with E-state index in [1.165, 1.54) is 12.2 Å². The first-order valence-electron chi connectivity index (χ1n) is 3.91. The fourth-order valence-electron chi connectivity index (χ4n) is 1.21. The van der Waals surface area contributed by atoms with Crippen LogP contribution in [-0.2, 0) is 9.59 Å². The lowest BCUT2D eigenvalue weighted by Gasteiger charge is -2.26. The molecule has 0 aromatic heterocycles. The van der Waals surface area contributed by atoms with E-state index in [0.717, 1.165) is 0 Å². The minimum atomic E-state index is -1.27. The molecule has 1 rings (SSSR count). The Labute approximate surface area is 89.1 Å². The molecule has 0 fully saturated rings. The van der Waals surface area contributed by atoms with Crippen molar-refractivity contribution in [3.63, 3.8) is 0 Å². The highest BCUT2D eigenvalue weighted by Gasteiger charge is 2.40. The molecule has 14 heavy (non-hydrogen) atoms. The number of allylic oxidation sites excluding steroid dienone is 2. The summed E-state index contributed by atoms with van der Waals surface area (Å²) in [4.78, 5) is 21.6. The molecule has 0 aromatic carbocycles. The number of carbonyl (C=O) groups is 2. The van der Waals surface area contributed by atoms with Gasteiger partial charge in [-0.2, -0.15) is 0 Å². The molecule has 4 nitrogen and oxygen atoms in total. The molecular weight excluding hydrogens is 252 g/mol. The summed E-state index contributed by atoms with van der Waals surface area (Å²) in [5.74, 6) is -2.16. The van der Waals surface area contributed by atoms with E-state index in [9.17, 15) is 9.59 Å². The van der Waals surface area contributed by atoms with Crippen LogP contribution in [0, 0.1) is 0 Å². The van der Waals surface area contributed by atoms with Crippen LogP contribution in [-0.4, -0.2) is 26.5 Å². The SMILES string of the molecule is CC1=CC=C(C(=O)O)CC1(Br)C(=O)O. The van der Waals surface area contributed by atoms with E-state index in [0.29, 0.717) is 5.57 Å². The molecular formula is C9H9BrO4. The van der Waals surface area contributed by atoms with Gasteiger partial charge in [-0.1, -0.05) is 28.1 Å². The molecule has 0 spiro atoms. The van der Waals surface area contributed by atoms with Crippen LogP contribution in [0.25, 0.3) is 0 Å². The molecule has 0 heterocycles. The monoisotopic (exact) mass is 260 g/mol. The molecule has 0 bridgehead atoms. The maximum absolute atomic E-state index is 10.9. The number of hydrogen-bond acceptors (Lipinski definition) is 2. The molecule has 1 aliphatic rings. The summed E-state index contributed by atoms with van der Waals surface area (Å²) in [5, 5.41) is 17.7. The van der Waals surface area contributed by atoms with Crippen molar-refractivity contribution in [2.75, 3.05) is 0 Å². The second-order valence-electron chi connectivity index (χ2n) is 3.13. The van der Waals surface area contributed by atoms with E-state index in [2.05, 4.69) is 15.9 Å². The molecule has 0 amide bonds. The number of hydrogen-bond donors (Lipinski definition) is 2. The van der Waals surface area contributed by atoms with Crippen molar-refractivity contribution < 1.29 is 19.8 Å². The van der Waals surface area contributed by atoms with Crippen LogP contribution in [0.1, 0.15) is 13.3 Å². The number of carboxylic acids is 2. The maximum atomic E-state index is 10.9. The first-order chi connectivity index (χ1) is 6.38. The van der Waals surface area contributed by atoms with Gasteiger partial charge in [0.25, 0.3) is 0 Å². The Morgan fingerprint density at radius 1 is 1.43 bits per heavy atom. The van der Waals surface area contributed by atoms with Gasteiger partial charge >= 0.3 is 11.9 Å². The van der Waals surface area contributed by atoms with Gasteiger partial charge in [0.15, 0.2) is 0 Å². The second kappa shape index (κ2) is 3.57. The van der Waals surface area contributed by atoms with E-state index in [-0.39, 0.29) is 12.0 Å². The fraction of sp³-hybridized carbons (Fsp3) is 0.333. The van der Waals surface area contributed by atoms with Gasteiger partial charge in [-0.15, -0.1) is 0 Å². The Balaban J connectivity index is 3.09. The van der Waals surface area contributed by atoms with E-state index < -0.39 is 16.3 Å². The van der Waals surface area contributed by atoms with Crippen molar-refractivity contribution in [2.45, 2.75) is 17.7 Å². The summed E-state index contributed by atoms with van der Waals surface area (Å²) in [7, 11) is 0. The summed E-state index contributed by atoms with van der Waals surface area (Å²) < 4.78 is -1.27. The average Bonchev–Trinajstić information content (AvgIpc) is 2.09. The maximum Gasteiger partial charge on any atom is 0.331 e. The first-order valence-corrected chi connectivity index (χ1v) is 4.71. The third-order valence-electron chi connectivity index (χ3n) is 2.21. The van der Waals surface area contributed by atoms with Crippen LogP contribution in [0.3, 0.4) is 0 Å². The molecule has 1 atom stereocenters. The Bertz CT molecular complexity index is 356. The van der Waals surface area contributed by atoms with Crippen molar-refractivity contribution in [2.24, 2.45) is 0 Å². The number of alkyl halides is 1. The Hall–Kier alpha value is -1.10. The van der Waals surface area contributed by atoms with E-state index in [1.807, 2.05) is 0 Å². The van der Waals surface area contributed by atoms with Crippen LogP contribution < -0.4 is 0 Å². The van der Waals surface area contributed by atoms with Gasteiger partial charge in [0.2, 0.25) is 0 Å². The summed E-state index contributed by atoms with van der Waals surface area (Å²) in [6, 6.07) is 0. The van der Waals surface area contributed by atoms with Gasteiger partial charge in [-0.3, -0.25) is 4.79 Å². The summed E-state index contributed by atoms with van der Waals surface area (Å²) in [5.41, 5.74) is 0.685. The predicted molar refractivity (Wildman–Crippen MR) is 53.4 cm³/mol. The minimum absolute atomic E-state index is 0.0417. The van der Waals surface area contributed by atoms with Crippen LogP contribution in [0.5, 0.6) is 0 Å². The Morgan fingerprint density at radius 2 is 2.00 bits per heavy atom. The molecule has 0 saturated heterocycles. The largest absolute Gasteiger partial charge is 0.480 e. The summed E-state index contributed by atoms with van der Waals surface area (Å²) in [6.45, 7) is 1.65. The lowest BCUT2D eigenvalue weighted by Crippen LogP contribution is -2.36. The third-order valence-corrected chi connectivity index (χ3v) is 3.45. The van der Waals surface area contributed by atoms with Gasteiger partial charge in [0.05, 0.1) is 0 Å². The van der Waals surface area contributed by atoms with Gasteiger partial charge in [0, 0.05) is 12.0 Å². The lowest BCUT2D eigenvalue weighted by molar-refractivity contribution is -0.138. The highest BCUT2D eigenvalue weighted by molar-refractivity contribution is 9.10. The van der Waals surface area contributed by atoms with Crippen molar-refractivity contribution in [1.82, 2.24) is 0 Å². The number of aliphatic carboxylic acids is 2. The Morgan fingerprint density at radius 3 is 2.43 bits per heavy atom. The minimum Gasteiger partial charge on any atom is -0.480 e. The number of carboxylic acid groups (broad SMARTS) is 2. The van der Waals surface area contributed by atoms with Crippen LogP contribution in [0.2, 0.25) is 0 Å². The molecule has 0 aromatic rings. The van der Waals surface area contributed by atoms with Gasteiger partial charge in [-0.05, 0) is 12.5 Å². The average molecular weight is 261 g/mol. The lowest BCUT2D eigenvalue weighted by atomic mass is 9.88. The third kappa shape index (κ3) is 1.72. The molecule has 0 saturated carbocycles. The quantitative estimate of drug-likeness (QED) is 0.740. The highest BCUT2D eigenvalue weighted by atomic mass is 79.9. The topological polar surface area (TPSA) is 74.6 Å². The summed E-state index contributed by atoms with van der Waals surface area (Å²) >= 11 is 3.06. The van der Waals surface area contributed by atoms with Crippen LogP contribution in [0.15, 0.2) is 23.3 Å². The highest BCUT2D eigenvalue weighted by Crippen LogP contribution is 2.37. The number of halogens is 1. The van der Waals surface area contributed by atoms with E-state index in [1.54, 1.807) is 6.92 Å². The van der Waals surface area contributed by atoms with Gasteiger partial charge in [0.1, 0.15) is 4.32 Å². The predicted octanol–water partition coefficient (Wildman–Crippen LogP) is 1.57. The molecule has 0 radical (unpaired) electrons. The van der Waals surface area contributed by atoms with Crippen molar-refractivity contribution in [1.29, 1.82) is 0 Å². The smallest absolute Gasteiger partial charge is 0.331 e. The van der Waals surface area contributed by atoms with E-state index >= 15 is 0 Å². The van der Waals surface area contributed by atoms with Crippen molar-refractivity contribution >= 4 is 27.9 Å². The first kappa shape index (κ1) is 11.0. The molecule has 5 heteroatoms. The van der Waals surface area contributed by atoms with Crippen molar-refractivity contribution in [3.8, 4) is 0 Å². The van der Waals surface area contributed by atoms with Crippen molar-refractivity contribution in [3.05, 3.63) is 23.3 Å². The standard InChI is InChI=1S/C9H9BrO4/c1-5-2-3-6(7(11)12)4-9(5,10)8(13)14/h2-3H,4H2,1H3,(H,11,12)(H,13,14).